The number of carbonyl (C=O) groups is 2. The molecule has 5 heteroatoms. The Morgan fingerprint density at radius 3 is 1.94 bits per heavy atom. The maximum absolute atomic E-state index is 13.6. The summed E-state index contributed by atoms with van der Waals surface area (Å²) in [5.74, 6) is 1.58. The van der Waals surface area contributed by atoms with Gasteiger partial charge in [0.1, 0.15) is 0 Å². The Morgan fingerprint density at radius 2 is 1.26 bits per heavy atom. The molecule has 31 heavy (non-hydrogen) atoms. The van der Waals surface area contributed by atoms with Gasteiger partial charge >= 0.3 is 0 Å². The zero-order valence-corrected chi connectivity index (χ0v) is 19.1. The number of para-hydroxylation sites is 1. The van der Waals surface area contributed by atoms with Crippen molar-refractivity contribution < 1.29 is 9.59 Å². The van der Waals surface area contributed by atoms with Crippen LogP contribution in [0.5, 0.6) is 0 Å². The fraction of sp³-hybridized carbons (Fsp3) is 0.154. The largest absolute Gasteiger partial charge is 0.288 e. The predicted molar refractivity (Wildman–Crippen MR) is 131 cm³/mol. The highest BCUT2D eigenvalue weighted by Crippen LogP contribution is 2.30. The van der Waals surface area contributed by atoms with Crippen molar-refractivity contribution in [2.45, 2.75) is 23.6 Å². The zero-order valence-electron chi connectivity index (χ0n) is 17.5. The lowest BCUT2D eigenvalue weighted by Gasteiger charge is -2.09. The van der Waals surface area contributed by atoms with Crippen molar-refractivity contribution >= 4 is 46.1 Å². The molecule has 3 nitrogen and oxygen atoms in total. The summed E-state index contributed by atoms with van der Waals surface area (Å²) in [6, 6.07) is 22.9. The van der Waals surface area contributed by atoms with Gasteiger partial charge in [-0.05, 0) is 41.8 Å². The molecule has 3 aromatic carbocycles. The minimum absolute atomic E-state index is 0.0597. The molecule has 0 saturated heterocycles. The lowest BCUT2D eigenvalue weighted by Crippen LogP contribution is -2.12. The Kier molecular flexibility index (Phi) is 6.64. The standard InChI is InChI=1S/C26H23NO2S2/c1-3-30-23-15-9-6-12-19(23)25(28)21-17-27(22-14-8-5-11-18(21)22)26(29)20-13-7-10-16-24(20)31-4-2/h5-17H,3-4H2,1-2H3. The number of hydrogen-bond donors (Lipinski definition) is 0. The van der Waals surface area contributed by atoms with E-state index in [1.165, 1.54) is 0 Å². The highest BCUT2D eigenvalue weighted by molar-refractivity contribution is 7.99. The molecule has 0 aliphatic heterocycles. The van der Waals surface area contributed by atoms with Crippen LogP contribution in [0.4, 0.5) is 0 Å². The van der Waals surface area contributed by atoms with E-state index in [4.69, 9.17) is 0 Å². The summed E-state index contributed by atoms with van der Waals surface area (Å²) >= 11 is 3.29. The van der Waals surface area contributed by atoms with Crippen LogP contribution in [-0.4, -0.2) is 27.8 Å². The van der Waals surface area contributed by atoms with Gasteiger partial charge in [0.15, 0.2) is 5.78 Å². The van der Waals surface area contributed by atoms with E-state index in [2.05, 4.69) is 13.8 Å². The molecule has 0 aliphatic carbocycles. The first-order valence-electron chi connectivity index (χ1n) is 10.3. The number of carbonyl (C=O) groups excluding carboxylic acids is 2. The molecule has 0 fully saturated rings. The molecule has 1 heterocycles. The van der Waals surface area contributed by atoms with Crippen LogP contribution in [0, 0.1) is 0 Å². The van der Waals surface area contributed by atoms with Crippen LogP contribution >= 0.6 is 23.5 Å². The first-order valence-corrected chi connectivity index (χ1v) is 12.3. The van der Waals surface area contributed by atoms with Crippen molar-refractivity contribution in [1.82, 2.24) is 4.57 Å². The van der Waals surface area contributed by atoms with Crippen LogP contribution in [-0.2, 0) is 0 Å². The van der Waals surface area contributed by atoms with Crippen molar-refractivity contribution in [3.63, 3.8) is 0 Å². The molecular formula is C26H23NO2S2. The van der Waals surface area contributed by atoms with Gasteiger partial charge in [-0.25, -0.2) is 0 Å². The van der Waals surface area contributed by atoms with Crippen molar-refractivity contribution in [1.29, 1.82) is 0 Å². The normalized spacial score (nSPS) is 11.0. The summed E-state index contributed by atoms with van der Waals surface area (Å²) in [5, 5.41) is 0.790. The number of thioether (sulfide) groups is 2. The third kappa shape index (κ3) is 4.21. The smallest absolute Gasteiger partial charge is 0.263 e. The number of ketones is 1. The molecule has 0 radical (unpaired) electrons. The summed E-state index contributed by atoms with van der Waals surface area (Å²) < 4.78 is 1.62. The van der Waals surface area contributed by atoms with Crippen molar-refractivity contribution in [2.24, 2.45) is 0 Å². The molecule has 4 rings (SSSR count). The van der Waals surface area contributed by atoms with E-state index in [9.17, 15) is 9.59 Å². The topological polar surface area (TPSA) is 39.1 Å². The summed E-state index contributed by atoms with van der Waals surface area (Å²) in [4.78, 5) is 29.0. The molecule has 0 atom stereocenters. The van der Waals surface area contributed by atoms with Crippen LogP contribution in [0.1, 0.15) is 40.1 Å². The van der Waals surface area contributed by atoms with Crippen molar-refractivity contribution in [3.8, 4) is 0 Å². The molecule has 0 bridgehead atoms. The first kappa shape index (κ1) is 21.5. The van der Waals surface area contributed by atoms with E-state index < -0.39 is 0 Å². The van der Waals surface area contributed by atoms with Gasteiger partial charge in [0.05, 0.1) is 11.1 Å². The molecule has 0 saturated carbocycles. The Bertz CT molecular complexity index is 1160. The number of hydrogen-bond acceptors (Lipinski definition) is 4. The van der Waals surface area contributed by atoms with E-state index in [0.29, 0.717) is 16.7 Å². The maximum atomic E-state index is 13.6. The minimum Gasteiger partial charge on any atom is -0.288 e. The number of nitrogens with zero attached hydrogens (tertiary/aromatic N) is 1. The van der Waals surface area contributed by atoms with E-state index in [1.807, 2.05) is 72.8 Å². The van der Waals surface area contributed by atoms with E-state index >= 15 is 0 Å². The zero-order chi connectivity index (χ0) is 21.8. The van der Waals surface area contributed by atoms with Gasteiger partial charge in [0.25, 0.3) is 5.91 Å². The molecule has 4 aromatic rings. The van der Waals surface area contributed by atoms with E-state index in [0.717, 1.165) is 32.2 Å². The molecule has 0 spiro atoms. The third-order valence-electron chi connectivity index (χ3n) is 5.02. The SMILES string of the molecule is CCSc1ccccc1C(=O)c1cn(C(=O)c2ccccc2SCC)c2ccccc12. The van der Waals surface area contributed by atoms with Gasteiger partial charge in [-0.3, -0.25) is 14.2 Å². The number of aromatic nitrogens is 1. The van der Waals surface area contributed by atoms with E-state index in [1.54, 1.807) is 34.3 Å². The van der Waals surface area contributed by atoms with Crippen LogP contribution in [0.2, 0.25) is 0 Å². The first-order chi connectivity index (χ1) is 15.2. The lowest BCUT2D eigenvalue weighted by atomic mass is 10.0. The molecule has 0 aliphatic rings. The highest BCUT2D eigenvalue weighted by atomic mass is 32.2. The summed E-state index contributed by atoms with van der Waals surface area (Å²) in [7, 11) is 0. The predicted octanol–water partition coefficient (Wildman–Crippen LogP) is 6.78. The highest BCUT2D eigenvalue weighted by Gasteiger charge is 2.22. The number of benzene rings is 3. The van der Waals surface area contributed by atoms with Gasteiger partial charge in [0, 0.05) is 32.5 Å². The second-order valence-corrected chi connectivity index (χ2v) is 9.53. The third-order valence-corrected chi connectivity index (χ3v) is 6.94. The van der Waals surface area contributed by atoms with Crippen LogP contribution in [0.15, 0.2) is 88.8 Å². The maximum Gasteiger partial charge on any atom is 0.263 e. The van der Waals surface area contributed by atoms with Gasteiger partial charge in [-0.1, -0.05) is 56.3 Å². The second kappa shape index (κ2) is 9.58. The monoisotopic (exact) mass is 445 g/mol. The van der Waals surface area contributed by atoms with Crippen molar-refractivity contribution in [2.75, 3.05) is 11.5 Å². The van der Waals surface area contributed by atoms with Crippen LogP contribution in [0.25, 0.3) is 10.9 Å². The molecule has 1 aromatic heterocycles. The molecule has 0 N–H and O–H groups in total. The number of fused-ring (bicyclic) bond motifs is 1. The van der Waals surface area contributed by atoms with Gasteiger partial charge in [-0.15, -0.1) is 23.5 Å². The molecule has 0 unspecified atom stereocenters. The summed E-state index contributed by atoms with van der Waals surface area (Å²) in [6.07, 6.45) is 1.70. The Balaban J connectivity index is 1.84. The fourth-order valence-corrected chi connectivity index (χ4v) is 5.26. The van der Waals surface area contributed by atoms with Gasteiger partial charge in [-0.2, -0.15) is 0 Å². The second-order valence-electron chi connectivity index (χ2n) is 6.92. The molecule has 156 valence electrons. The molecule has 0 amide bonds. The Hall–Kier alpha value is -2.76. The average Bonchev–Trinajstić information content (AvgIpc) is 3.19. The molecular weight excluding hydrogens is 422 g/mol. The minimum atomic E-state index is -0.122. The lowest BCUT2D eigenvalue weighted by molar-refractivity contribution is 0.0962. The quantitative estimate of drug-likeness (QED) is 0.232. The summed E-state index contributed by atoms with van der Waals surface area (Å²) in [5.41, 5.74) is 2.61. The van der Waals surface area contributed by atoms with Crippen LogP contribution < -0.4 is 0 Å². The Labute approximate surface area is 190 Å². The Morgan fingerprint density at radius 1 is 0.710 bits per heavy atom. The average molecular weight is 446 g/mol. The van der Waals surface area contributed by atoms with Crippen LogP contribution in [0.3, 0.4) is 0 Å². The van der Waals surface area contributed by atoms with Gasteiger partial charge < -0.3 is 0 Å². The number of rotatable bonds is 7. The fourth-order valence-electron chi connectivity index (χ4n) is 3.66. The summed E-state index contributed by atoms with van der Waals surface area (Å²) in [6.45, 7) is 4.14. The van der Waals surface area contributed by atoms with Crippen molar-refractivity contribution in [3.05, 3.63) is 95.7 Å². The van der Waals surface area contributed by atoms with Gasteiger partial charge in [0.2, 0.25) is 0 Å². The van der Waals surface area contributed by atoms with E-state index in [-0.39, 0.29) is 11.7 Å².